The number of nitrogen functional groups attached to an aromatic ring is 1. The average Bonchev–Trinajstić information content (AvgIpc) is 2.43. The fourth-order valence-electron chi connectivity index (χ4n) is 1.92. The summed E-state index contributed by atoms with van der Waals surface area (Å²) >= 11 is 3.25. The summed E-state index contributed by atoms with van der Waals surface area (Å²) < 4.78 is 27.5. The van der Waals surface area contributed by atoms with E-state index in [4.69, 9.17) is 5.73 Å². The third-order valence-corrected chi connectivity index (χ3v) is 3.53. The average molecular weight is 355 g/mol. The van der Waals surface area contributed by atoms with Crippen molar-refractivity contribution in [1.29, 1.82) is 0 Å². The van der Waals surface area contributed by atoms with Crippen molar-refractivity contribution in [3.05, 3.63) is 63.6 Å². The molecule has 0 spiro atoms. The van der Waals surface area contributed by atoms with E-state index in [1.165, 1.54) is 0 Å². The number of halogens is 3. The summed E-state index contributed by atoms with van der Waals surface area (Å²) in [6, 6.07) is 7.30. The van der Waals surface area contributed by atoms with Gasteiger partial charge in [0, 0.05) is 15.7 Å². The highest BCUT2D eigenvalue weighted by atomic mass is 79.9. The number of amides is 1. The first kappa shape index (κ1) is 15.4. The minimum Gasteiger partial charge on any atom is -0.398 e. The first-order valence-electron chi connectivity index (χ1n) is 6.19. The van der Waals surface area contributed by atoms with Gasteiger partial charge in [-0.25, -0.2) is 8.78 Å². The molecule has 0 radical (unpaired) electrons. The summed E-state index contributed by atoms with van der Waals surface area (Å²) in [5, 5.41) is 2.60. The largest absolute Gasteiger partial charge is 0.398 e. The van der Waals surface area contributed by atoms with Gasteiger partial charge in [-0.1, -0.05) is 15.9 Å². The van der Waals surface area contributed by atoms with E-state index in [1.54, 1.807) is 25.1 Å². The Morgan fingerprint density at radius 1 is 1.24 bits per heavy atom. The topological polar surface area (TPSA) is 55.1 Å². The molecule has 0 aliphatic rings. The minimum atomic E-state index is -0.688. The number of nitrogens with one attached hydrogen (secondary N) is 1. The van der Waals surface area contributed by atoms with E-state index in [9.17, 15) is 13.6 Å². The smallest absolute Gasteiger partial charge is 0.253 e. The maximum absolute atomic E-state index is 13.7. The molecule has 1 amide bonds. The summed E-state index contributed by atoms with van der Waals surface area (Å²) in [4.78, 5) is 12.2. The molecule has 0 fully saturated rings. The standard InChI is InChI=1S/C15H13BrF2N2O/c1-8(11-7-10(17)3-4-13(11)18)20-15(21)12-6-9(16)2-5-14(12)19/h2-8H,19H2,1H3,(H,20,21). The van der Waals surface area contributed by atoms with Crippen molar-refractivity contribution in [3.8, 4) is 0 Å². The Labute approximate surface area is 129 Å². The summed E-state index contributed by atoms with van der Waals surface area (Å²) in [6.07, 6.45) is 0. The van der Waals surface area contributed by atoms with E-state index >= 15 is 0 Å². The third kappa shape index (κ3) is 3.58. The highest BCUT2D eigenvalue weighted by molar-refractivity contribution is 9.10. The van der Waals surface area contributed by atoms with Crippen LogP contribution < -0.4 is 11.1 Å². The number of carbonyl (C=O) groups excluding carboxylic acids is 1. The number of benzene rings is 2. The summed E-state index contributed by atoms with van der Waals surface area (Å²) in [7, 11) is 0. The number of nitrogens with two attached hydrogens (primary N) is 1. The Morgan fingerprint density at radius 2 is 1.95 bits per heavy atom. The number of hydrogen-bond acceptors (Lipinski definition) is 2. The van der Waals surface area contributed by atoms with Crippen LogP contribution in [0.2, 0.25) is 0 Å². The predicted octanol–water partition coefficient (Wildman–Crippen LogP) is 3.80. The molecule has 0 aromatic heterocycles. The van der Waals surface area contributed by atoms with Crippen molar-refractivity contribution in [2.45, 2.75) is 13.0 Å². The quantitative estimate of drug-likeness (QED) is 0.823. The van der Waals surface area contributed by atoms with Gasteiger partial charge in [-0.3, -0.25) is 4.79 Å². The van der Waals surface area contributed by atoms with Gasteiger partial charge in [0.15, 0.2) is 0 Å². The number of carbonyl (C=O) groups is 1. The molecule has 2 rings (SSSR count). The molecule has 2 aromatic rings. The first-order chi connectivity index (χ1) is 9.88. The molecular weight excluding hydrogens is 342 g/mol. The van der Waals surface area contributed by atoms with Gasteiger partial charge in [0.25, 0.3) is 5.91 Å². The molecule has 2 aromatic carbocycles. The first-order valence-corrected chi connectivity index (χ1v) is 6.98. The molecule has 0 bridgehead atoms. The van der Waals surface area contributed by atoms with Crippen LogP contribution in [0.1, 0.15) is 28.9 Å². The zero-order valence-electron chi connectivity index (χ0n) is 11.2. The van der Waals surface area contributed by atoms with Gasteiger partial charge in [0.05, 0.1) is 11.6 Å². The number of anilines is 1. The normalized spacial score (nSPS) is 12.0. The van der Waals surface area contributed by atoms with Crippen LogP contribution in [-0.4, -0.2) is 5.91 Å². The van der Waals surface area contributed by atoms with Gasteiger partial charge in [0.1, 0.15) is 11.6 Å². The minimum absolute atomic E-state index is 0.0805. The van der Waals surface area contributed by atoms with Gasteiger partial charge in [-0.2, -0.15) is 0 Å². The highest BCUT2D eigenvalue weighted by Crippen LogP contribution is 2.21. The predicted molar refractivity (Wildman–Crippen MR) is 80.8 cm³/mol. The molecule has 0 saturated carbocycles. The number of hydrogen-bond donors (Lipinski definition) is 2. The van der Waals surface area contributed by atoms with Crippen LogP contribution in [0.4, 0.5) is 14.5 Å². The second-order valence-electron chi connectivity index (χ2n) is 4.59. The Balaban J connectivity index is 2.23. The lowest BCUT2D eigenvalue weighted by molar-refractivity contribution is 0.0940. The van der Waals surface area contributed by atoms with Crippen LogP contribution in [-0.2, 0) is 0 Å². The van der Waals surface area contributed by atoms with Crippen molar-refractivity contribution in [2.75, 3.05) is 5.73 Å². The van der Waals surface area contributed by atoms with E-state index in [0.29, 0.717) is 10.2 Å². The fraction of sp³-hybridized carbons (Fsp3) is 0.133. The maximum atomic E-state index is 13.7. The Hall–Kier alpha value is -1.95. The van der Waals surface area contributed by atoms with Crippen molar-refractivity contribution in [3.63, 3.8) is 0 Å². The molecule has 0 heterocycles. The zero-order chi connectivity index (χ0) is 15.6. The molecule has 6 heteroatoms. The second-order valence-corrected chi connectivity index (χ2v) is 5.51. The SMILES string of the molecule is CC(NC(=O)c1cc(Br)ccc1N)c1cc(F)ccc1F. The molecule has 3 nitrogen and oxygen atoms in total. The van der Waals surface area contributed by atoms with Crippen LogP contribution in [0.25, 0.3) is 0 Å². The molecule has 0 saturated heterocycles. The van der Waals surface area contributed by atoms with Gasteiger partial charge < -0.3 is 11.1 Å². The molecule has 0 aliphatic carbocycles. The Kier molecular flexibility index (Phi) is 4.57. The van der Waals surface area contributed by atoms with E-state index in [-0.39, 0.29) is 11.1 Å². The molecular formula is C15H13BrF2N2O. The molecule has 110 valence electrons. The lowest BCUT2D eigenvalue weighted by Gasteiger charge is -2.16. The zero-order valence-corrected chi connectivity index (χ0v) is 12.7. The summed E-state index contributed by atoms with van der Waals surface area (Å²) in [5.74, 6) is -1.59. The van der Waals surface area contributed by atoms with Crippen molar-refractivity contribution in [1.82, 2.24) is 5.32 Å². The van der Waals surface area contributed by atoms with E-state index < -0.39 is 23.6 Å². The third-order valence-electron chi connectivity index (χ3n) is 3.03. The second kappa shape index (κ2) is 6.22. The van der Waals surface area contributed by atoms with Crippen LogP contribution in [0.5, 0.6) is 0 Å². The van der Waals surface area contributed by atoms with E-state index in [1.807, 2.05) is 0 Å². The van der Waals surface area contributed by atoms with Crippen LogP contribution >= 0.6 is 15.9 Å². The van der Waals surface area contributed by atoms with Gasteiger partial charge in [-0.05, 0) is 43.3 Å². The number of rotatable bonds is 3. The summed E-state index contributed by atoms with van der Waals surface area (Å²) in [6.45, 7) is 1.57. The fourth-order valence-corrected chi connectivity index (χ4v) is 2.28. The van der Waals surface area contributed by atoms with E-state index in [2.05, 4.69) is 21.2 Å². The van der Waals surface area contributed by atoms with Crippen LogP contribution in [0, 0.1) is 11.6 Å². The molecule has 0 aliphatic heterocycles. The lowest BCUT2D eigenvalue weighted by Crippen LogP contribution is -2.28. The molecule has 1 atom stereocenters. The van der Waals surface area contributed by atoms with Crippen LogP contribution in [0.15, 0.2) is 40.9 Å². The Morgan fingerprint density at radius 3 is 2.67 bits per heavy atom. The molecule has 1 unspecified atom stereocenters. The van der Waals surface area contributed by atoms with Gasteiger partial charge in [-0.15, -0.1) is 0 Å². The van der Waals surface area contributed by atoms with Gasteiger partial charge in [0.2, 0.25) is 0 Å². The summed E-state index contributed by atoms with van der Waals surface area (Å²) in [5.41, 5.74) is 6.40. The van der Waals surface area contributed by atoms with Crippen LogP contribution in [0.3, 0.4) is 0 Å². The van der Waals surface area contributed by atoms with Gasteiger partial charge >= 0.3 is 0 Å². The Bertz CT molecular complexity index is 691. The van der Waals surface area contributed by atoms with Crippen molar-refractivity contribution in [2.24, 2.45) is 0 Å². The van der Waals surface area contributed by atoms with Crippen molar-refractivity contribution >= 4 is 27.5 Å². The van der Waals surface area contributed by atoms with E-state index in [0.717, 1.165) is 18.2 Å². The lowest BCUT2D eigenvalue weighted by atomic mass is 10.1. The molecule has 3 N–H and O–H groups in total. The monoisotopic (exact) mass is 354 g/mol. The van der Waals surface area contributed by atoms with Crippen molar-refractivity contribution < 1.29 is 13.6 Å². The molecule has 21 heavy (non-hydrogen) atoms. The highest BCUT2D eigenvalue weighted by Gasteiger charge is 2.17. The maximum Gasteiger partial charge on any atom is 0.253 e.